The molecule has 0 heterocycles. The normalized spacial score (nSPS) is 9.82. The topological polar surface area (TPSA) is 85.4 Å². The predicted molar refractivity (Wildman–Crippen MR) is 60.1 cm³/mol. The summed E-state index contributed by atoms with van der Waals surface area (Å²) in [4.78, 5) is 10.1. The molecular weight excluding hydrogens is 224 g/mol. The maximum absolute atomic E-state index is 10.7. The second-order valence-electron chi connectivity index (χ2n) is 3.56. The zero-order valence-corrected chi connectivity index (χ0v) is 9.76. The van der Waals surface area contributed by atoms with Gasteiger partial charge in [0.1, 0.15) is 11.6 Å². The molecule has 0 aliphatic heterocycles. The molecule has 0 unspecified atom stereocenters. The van der Waals surface area contributed by atoms with Gasteiger partial charge in [0.2, 0.25) is 0 Å². The predicted octanol–water partition coefficient (Wildman–Crippen LogP) is 2.26. The molecule has 6 nitrogen and oxygen atoms in total. The van der Waals surface area contributed by atoms with E-state index in [1.54, 1.807) is 6.07 Å². The van der Waals surface area contributed by atoms with E-state index in [0.717, 1.165) is 0 Å². The van der Waals surface area contributed by atoms with Crippen molar-refractivity contribution in [3.05, 3.63) is 27.8 Å². The minimum atomic E-state index is -0.625. The van der Waals surface area contributed by atoms with Crippen LogP contribution < -0.4 is 9.47 Å². The van der Waals surface area contributed by atoms with Crippen LogP contribution in [0.15, 0.2) is 12.1 Å². The van der Waals surface area contributed by atoms with Gasteiger partial charge in [-0.2, -0.15) is 5.26 Å². The summed E-state index contributed by atoms with van der Waals surface area (Å²) in [5.74, 6) is 0.564. The molecule has 1 aromatic carbocycles. The number of nitro benzene ring substituents is 1. The summed E-state index contributed by atoms with van der Waals surface area (Å²) in [6.07, 6.45) is -0.114. The number of hydrogen-bond donors (Lipinski definition) is 0. The molecule has 0 radical (unpaired) electrons. The fourth-order valence-corrected chi connectivity index (χ4v) is 1.30. The molecule has 0 aliphatic rings. The van der Waals surface area contributed by atoms with Crippen LogP contribution in [-0.4, -0.2) is 18.1 Å². The zero-order chi connectivity index (χ0) is 13.0. The Kier molecular flexibility index (Phi) is 3.88. The second kappa shape index (κ2) is 5.16. The summed E-state index contributed by atoms with van der Waals surface area (Å²) < 4.78 is 10.4. The van der Waals surface area contributed by atoms with Gasteiger partial charge in [-0.05, 0) is 13.8 Å². The summed E-state index contributed by atoms with van der Waals surface area (Å²) in [5.41, 5.74) is -0.341. The van der Waals surface area contributed by atoms with Gasteiger partial charge >= 0.3 is 0 Å². The van der Waals surface area contributed by atoms with Crippen molar-refractivity contribution in [2.45, 2.75) is 20.0 Å². The van der Waals surface area contributed by atoms with E-state index in [4.69, 9.17) is 14.7 Å². The summed E-state index contributed by atoms with van der Waals surface area (Å²) in [7, 11) is 1.39. The van der Waals surface area contributed by atoms with Crippen LogP contribution in [0.25, 0.3) is 0 Å². The van der Waals surface area contributed by atoms with Crippen LogP contribution in [0, 0.1) is 21.4 Å². The van der Waals surface area contributed by atoms with Crippen molar-refractivity contribution in [3.8, 4) is 17.6 Å². The molecule has 0 spiro atoms. The third-order valence-electron chi connectivity index (χ3n) is 1.96. The lowest BCUT2D eigenvalue weighted by molar-refractivity contribution is -0.385. The molecule has 1 aromatic rings. The lowest BCUT2D eigenvalue weighted by atomic mass is 10.1. The SMILES string of the molecule is COc1cc([N+](=O)[O-])c(C#N)cc1OC(C)C. The molecule has 17 heavy (non-hydrogen) atoms. The number of hydrogen-bond acceptors (Lipinski definition) is 5. The van der Waals surface area contributed by atoms with Crippen molar-refractivity contribution >= 4 is 5.69 Å². The number of benzene rings is 1. The first-order chi connectivity index (χ1) is 7.99. The van der Waals surface area contributed by atoms with Crippen LogP contribution in [0.4, 0.5) is 5.69 Å². The molecule has 0 saturated carbocycles. The quantitative estimate of drug-likeness (QED) is 0.591. The van der Waals surface area contributed by atoms with E-state index in [2.05, 4.69) is 0 Å². The molecule has 90 valence electrons. The number of nitrogens with zero attached hydrogens (tertiary/aromatic N) is 2. The minimum Gasteiger partial charge on any atom is -0.493 e. The second-order valence-corrected chi connectivity index (χ2v) is 3.56. The third kappa shape index (κ3) is 2.84. The van der Waals surface area contributed by atoms with E-state index in [0.29, 0.717) is 5.75 Å². The third-order valence-corrected chi connectivity index (χ3v) is 1.96. The molecule has 0 N–H and O–H groups in total. The summed E-state index contributed by atoms with van der Waals surface area (Å²) in [6.45, 7) is 3.62. The van der Waals surface area contributed by atoms with Crippen molar-refractivity contribution in [3.63, 3.8) is 0 Å². The molecule has 0 saturated heterocycles. The Morgan fingerprint density at radius 3 is 2.47 bits per heavy atom. The van der Waals surface area contributed by atoms with Gasteiger partial charge in [0, 0.05) is 6.07 Å². The van der Waals surface area contributed by atoms with Crippen molar-refractivity contribution < 1.29 is 14.4 Å². The molecule has 1 rings (SSSR count). The highest BCUT2D eigenvalue weighted by molar-refractivity contribution is 5.58. The molecule has 0 atom stereocenters. The number of nitro groups is 1. The first-order valence-electron chi connectivity index (χ1n) is 4.92. The van der Waals surface area contributed by atoms with Crippen LogP contribution in [-0.2, 0) is 0 Å². The van der Waals surface area contributed by atoms with E-state index < -0.39 is 4.92 Å². The van der Waals surface area contributed by atoms with Gasteiger partial charge in [0.25, 0.3) is 5.69 Å². The van der Waals surface area contributed by atoms with Gasteiger partial charge in [-0.3, -0.25) is 10.1 Å². The van der Waals surface area contributed by atoms with Crippen LogP contribution >= 0.6 is 0 Å². The molecule has 0 amide bonds. The van der Waals surface area contributed by atoms with Crippen LogP contribution in [0.3, 0.4) is 0 Å². The molecule has 0 aliphatic carbocycles. The Balaban J connectivity index is 3.34. The summed E-state index contributed by atoms with van der Waals surface area (Å²) in [5, 5.41) is 19.6. The van der Waals surface area contributed by atoms with Crippen LogP contribution in [0.1, 0.15) is 19.4 Å². The van der Waals surface area contributed by atoms with Gasteiger partial charge in [-0.1, -0.05) is 0 Å². The molecular formula is C11H12N2O4. The molecule has 0 bridgehead atoms. The van der Waals surface area contributed by atoms with E-state index >= 15 is 0 Å². The monoisotopic (exact) mass is 236 g/mol. The Hall–Kier alpha value is -2.29. The number of rotatable bonds is 4. The van der Waals surface area contributed by atoms with Gasteiger partial charge in [0.15, 0.2) is 11.5 Å². The van der Waals surface area contributed by atoms with Crippen molar-refractivity contribution in [2.75, 3.05) is 7.11 Å². The highest BCUT2D eigenvalue weighted by Gasteiger charge is 2.19. The number of nitriles is 1. The fourth-order valence-electron chi connectivity index (χ4n) is 1.30. The van der Waals surface area contributed by atoms with Crippen molar-refractivity contribution in [1.82, 2.24) is 0 Å². The highest BCUT2D eigenvalue weighted by atomic mass is 16.6. The van der Waals surface area contributed by atoms with E-state index in [1.165, 1.54) is 19.2 Å². The fraction of sp³-hybridized carbons (Fsp3) is 0.364. The van der Waals surface area contributed by atoms with E-state index in [-0.39, 0.29) is 23.1 Å². The standard InChI is InChI=1S/C11H12N2O4/c1-7(2)17-11-4-8(6-12)9(13(14)15)5-10(11)16-3/h4-5,7H,1-3H3. The molecule has 6 heteroatoms. The average molecular weight is 236 g/mol. The molecule has 0 fully saturated rings. The van der Waals surface area contributed by atoms with Gasteiger partial charge in [0.05, 0.1) is 24.2 Å². The van der Waals surface area contributed by atoms with Crippen molar-refractivity contribution in [2.24, 2.45) is 0 Å². The van der Waals surface area contributed by atoms with Gasteiger partial charge < -0.3 is 9.47 Å². The Bertz CT molecular complexity index is 477. The Labute approximate surface area is 98.5 Å². The minimum absolute atomic E-state index is 0.0496. The van der Waals surface area contributed by atoms with E-state index in [1.807, 2.05) is 13.8 Å². The van der Waals surface area contributed by atoms with Gasteiger partial charge in [-0.15, -0.1) is 0 Å². The van der Waals surface area contributed by atoms with Crippen molar-refractivity contribution in [1.29, 1.82) is 5.26 Å². The number of ether oxygens (including phenoxy) is 2. The maximum atomic E-state index is 10.7. The van der Waals surface area contributed by atoms with Gasteiger partial charge in [-0.25, -0.2) is 0 Å². The van der Waals surface area contributed by atoms with Crippen LogP contribution in [0.5, 0.6) is 11.5 Å². The summed E-state index contributed by atoms with van der Waals surface area (Å²) in [6, 6.07) is 4.27. The smallest absolute Gasteiger partial charge is 0.291 e. The first kappa shape index (κ1) is 12.8. The Morgan fingerprint density at radius 2 is 2.06 bits per heavy atom. The largest absolute Gasteiger partial charge is 0.493 e. The lowest BCUT2D eigenvalue weighted by Crippen LogP contribution is -2.07. The Morgan fingerprint density at radius 1 is 1.41 bits per heavy atom. The lowest BCUT2D eigenvalue weighted by Gasteiger charge is -2.13. The van der Waals surface area contributed by atoms with Crippen LogP contribution in [0.2, 0.25) is 0 Å². The first-order valence-corrected chi connectivity index (χ1v) is 4.92. The number of methoxy groups -OCH3 is 1. The summed E-state index contributed by atoms with van der Waals surface area (Å²) >= 11 is 0. The zero-order valence-electron chi connectivity index (χ0n) is 9.76. The highest BCUT2D eigenvalue weighted by Crippen LogP contribution is 2.34. The molecule has 0 aromatic heterocycles. The van der Waals surface area contributed by atoms with E-state index in [9.17, 15) is 10.1 Å². The average Bonchev–Trinajstić information content (AvgIpc) is 2.27. The maximum Gasteiger partial charge on any atom is 0.291 e.